The lowest BCUT2D eigenvalue weighted by Gasteiger charge is -2.34. The molecule has 0 bridgehead atoms. The van der Waals surface area contributed by atoms with E-state index in [2.05, 4.69) is 19.2 Å². The quantitative estimate of drug-likeness (QED) is 0.807. The summed E-state index contributed by atoms with van der Waals surface area (Å²) in [7, 11) is 0. The van der Waals surface area contributed by atoms with Crippen molar-refractivity contribution in [1.29, 1.82) is 0 Å². The summed E-state index contributed by atoms with van der Waals surface area (Å²) in [5, 5.41) is 12.4. The summed E-state index contributed by atoms with van der Waals surface area (Å²) < 4.78 is 11.3. The van der Waals surface area contributed by atoms with Gasteiger partial charge in [0.2, 0.25) is 0 Å². The summed E-state index contributed by atoms with van der Waals surface area (Å²) in [5.41, 5.74) is 1.07. The highest BCUT2D eigenvalue weighted by atomic mass is 16.7. The van der Waals surface area contributed by atoms with Gasteiger partial charge in [0, 0.05) is 18.4 Å². The molecule has 122 valence electrons. The lowest BCUT2D eigenvalue weighted by atomic mass is 9.95. The molecule has 1 heterocycles. The second-order valence-electron chi connectivity index (χ2n) is 6.54. The molecule has 0 unspecified atom stereocenters. The number of ether oxygens (including phenoxy) is 2. The van der Waals surface area contributed by atoms with Crippen LogP contribution in [0, 0.1) is 5.41 Å². The van der Waals surface area contributed by atoms with Crippen LogP contribution in [-0.4, -0.2) is 43.2 Å². The first-order valence-electron chi connectivity index (χ1n) is 7.70. The molecule has 0 aliphatic carbocycles. The average Bonchev–Trinajstić information content (AvgIpc) is 2.49. The van der Waals surface area contributed by atoms with E-state index in [0.29, 0.717) is 32.6 Å². The Morgan fingerprint density at radius 3 is 2.55 bits per heavy atom. The van der Waals surface area contributed by atoms with Crippen molar-refractivity contribution in [3.05, 3.63) is 35.9 Å². The fraction of sp³-hybridized carbons (Fsp3) is 0.588. The molecule has 22 heavy (non-hydrogen) atoms. The number of rotatable bonds is 7. The fourth-order valence-corrected chi connectivity index (χ4v) is 2.37. The number of carboxylic acid groups (broad SMARTS) is 1. The first-order valence-corrected chi connectivity index (χ1v) is 7.70. The standard InChI is InChI=1S/C17H25NO4/c1-17(2)11-21-15(22-12-17)8-9-18-14(16(19)20)10-13-6-4-3-5-7-13/h3-7,14-15,18H,8-12H2,1-2H3,(H,19,20)/t14-/m0/s1. The van der Waals surface area contributed by atoms with Crippen LogP contribution in [0.15, 0.2) is 30.3 Å². The zero-order valence-electron chi connectivity index (χ0n) is 13.2. The molecule has 0 saturated carbocycles. The molecule has 1 aromatic rings. The highest BCUT2D eigenvalue weighted by molar-refractivity contribution is 5.73. The molecule has 2 N–H and O–H groups in total. The summed E-state index contributed by atoms with van der Waals surface area (Å²) in [4.78, 5) is 11.3. The van der Waals surface area contributed by atoms with Crippen molar-refractivity contribution in [2.75, 3.05) is 19.8 Å². The monoisotopic (exact) mass is 307 g/mol. The van der Waals surface area contributed by atoms with Crippen LogP contribution < -0.4 is 5.32 Å². The van der Waals surface area contributed by atoms with E-state index in [1.165, 1.54) is 0 Å². The Balaban J connectivity index is 1.74. The van der Waals surface area contributed by atoms with Crippen molar-refractivity contribution in [3.8, 4) is 0 Å². The molecule has 0 amide bonds. The molecule has 1 fully saturated rings. The molecule has 5 nitrogen and oxygen atoms in total. The van der Waals surface area contributed by atoms with Crippen LogP contribution in [0.4, 0.5) is 0 Å². The molecule has 1 aromatic carbocycles. The van der Waals surface area contributed by atoms with Crippen molar-refractivity contribution in [1.82, 2.24) is 5.32 Å². The predicted molar refractivity (Wildman–Crippen MR) is 83.7 cm³/mol. The van der Waals surface area contributed by atoms with Gasteiger partial charge in [0.1, 0.15) is 6.04 Å². The van der Waals surface area contributed by atoms with Crippen molar-refractivity contribution in [3.63, 3.8) is 0 Å². The third-order valence-corrected chi connectivity index (χ3v) is 3.67. The van der Waals surface area contributed by atoms with Gasteiger partial charge in [-0.25, -0.2) is 0 Å². The first-order chi connectivity index (χ1) is 10.5. The van der Waals surface area contributed by atoms with E-state index in [4.69, 9.17) is 9.47 Å². The van der Waals surface area contributed by atoms with E-state index >= 15 is 0 Å². The van der Waals surface area contributed by atoms with E-state index in [9.17, 15) is 9.90 Å². The van der Waals surface area contributed by atoms with Gasteiger partial charge in [-0.1, -0.05) is 44.2 Å². The maximum Gasteiger partial charge on any atom is 0.321 e. The molecule has 1 aliphatic heterocycles. The molecule has 2 rings (SSSR count). The summed E-state index contributed by atoms with van der Waals surface area (Å²) in [5.74, 6) is -0.838. The van der Waals surface area contributed by atoms with Gasteiger partial charge in [-0.2, -0.15) is 0 Å². The van der Waals surface area contributed by atoms with E-state index < -0.39 is 12.0 Å². The Kier molecular flexibility index (Phi) is 5.94. The Labute approximate surface area is 131 Å². The van der Waals surface area contributed by atoms with Crippen LogP contribution in [-0.2, 0) is 20.7 Å². The van der Waals surface area contributed by atoms with Gasteiger partial charge in [0.25, 0.3) is 0 Å². The molecule has 1 atom stereocenters. The van der Waals surface area contributed by atoms with Gasteiger partial charge in [0.15, 0.2) is 6.29 Å². The van der Waals surface area contributed by atoms with Crippen molar-refractivity contribution >= 4 is 5.97 Å². The maximum absolute atomic E-state index is 11.3. The molecule has 0 aromatic heterocycles. The Hall–Kier alpha value is -1.43. The molecule has 0 radical (unpaired) electrons. The van der Waals surface area contributed by atoms with Crippen molar-refractivity contribution in [2.24, 2.45) is 5.41 Å². The lowest BCUT2D eigenvalue weighted by Crippen LogP contribution is -2.42. The number of hydrogen-bond acceptors (Lipinski definition) is 4. The van der Waals surface area contributed by atoms with Gasteiger partial charge in [-0.05, 0) is 12.0 Å². The highest BCUT2D eigenvalue weighted by Crippen LogP contribution is 2.23. The smallest absolute Gasteiger partial charge is 0.321 e. The minimum Gasteiger partial charge on any atom is -0.480 e. The van der Waals surface area contributed by atoms with E-state index in [1.807, 2.05) is 30.3 Å². The number of hydrogen-bond donors (Lipinski definition) is 2. The van der Waals surface area contributed by atoms with Crippen LogP contribution in [0.2, 0.25) is 0 Å². The summed E-state index contributed by atoms with van der Waals surface area (Å²) in [6.45, 7) is 6.09. The normalized spacial score (nSPS) is 19.7. The van der Waals surface area contributed by atoms with Crippen LogP contribution in [0.5, 0.6) is 0 Å². The van der Waals surface area contributed by atoms with E-state index in [-0.39, 0.29) is 11.7 Å². The zero-order valence-corrected chi connectivity index (χ0v) is 13.2. The van der Waals surface area contributed by atoms with Crippen LogP contribution in [0.25, 0.3) is 0 Å². The highest BCUT2D eigenvalue weighted by Gasteiger charge is 2.28. The Morgan fingerprint density at radius 1 is 1.32 bits per heavy atom. The number of carboxylic acids is 1. The summed E-state index contributed by atoms with van der Waals surface area (Å²) in [6.07, 6.45) is 0.872. The Bertz CT molecular complexity index is 465. The second-order valence-corrected chi connectivity index (χ2v) is 6.54. The third-order valence-electron chi connectivity index (χ3n) is 3.67. The molecular formula is C17H25NO4. The van der Waals surface area contributed by atoms with E-state index in [0.717, 1.165) is 5.56 Å². The Morgan fingerprint density at radius 2 is 1.95 bits per heavy atom. The molecule has 0 spiro atoms. The third kappa shape index (κ3) is 5.40. The van der Waals surface area contributed by atoms with Crippen molar-refractivity contribution in [2.45, 2.75) is 39.0 Å². The zero-order chi connectivity index (χ0) is 16.0. The van der Waals surface area contributed by atoms with E-state index in [1.54, 1.807) is 0 Å². The first kappa shape index (κ1) is 16.9. The van der Waals surface area contributed by atoms with Gasteiger partial charge >= 0.3 is 5.97 Å². The predicted octanol–water partition coefficient (Wildman–Crippen LogP) is 2.06. The largest absolute Gasteiger partial charge is 0.480 e. The van der Waals surface area contributed by atoms with Crippen molar-refractivity contribution < 1.29 is 19.4 Å². The number of carbonyl (C=O) groups is 1. The fourth-order valence-electron chi connectivity index (χ4n) is 2.37. The summed E-state index contributed by atoms with van der Waals surface area (Å²) >= 11 is 0. The number of aliphatic carboxylic acids is 1. The van der Waals surface area contributed by atoms with Gasteiger partial charge in [-0.15, -0.1) is 0 Å². The lowest BCUT2D eigenvalue weighted by molar-refractivity contribution is -0.223. The minimum absolute atomic E-state index is 0.0564. The molecular weight excluding hydrogens is 282 g/mol. The van der Waals surface area contributed by atoms with Gasteiger partial charge < -0.3 is 19.9 Å². The average molecular weight is 307 g/mol. The SMILES string of the molecule is CC1(C)COC(CCN[C@@H](Cc2ccccc2)C(=O)O)OC1. The molecule has 1 saturated heterocycles. The topological polar surface area (TPSA) is 67.8 Å². The molecule has 5 heteroatoms. The van der Waals surface area contributed by atoms with Gasteiger partial charge in [0.05, 0.1) is 13.2 Å². The summed E-state index contributed by atoms with van der Waals surface area (Å²) in [6, 6.07) is 9.04. The van der Waals surface area contributed by atoms with Crippen LogP contribution in [0.3, 0.4) is 0 Å². The van der Waals surface area contributed by atoms with Crippen LogP contribution >= 0.6 is 0 Å². The number of nitrogens with one attached hydrogen (secondary N) is 1. The minimum atomic E-state index is -0.838. The number of benzene rings is 1. The van der Waals surface area contributed by atoms with Crippen LogP contribution in [0.1, 0.15) is 25.8 Å². The molecule has 1 aliphatic rings. The van der Waals surface area contributed by atoms with Gasteiger partial charge in [-0.3, -0.25) is 4.79 Å². The maximum atomic E-state index is 11.3. The second kappa shape index (κ2) is 7.72.